The third-order valence-corrected chi connectivity index (χ3v) is 9.94. The number of carbonyl (C=O) groups is 2. The lowest BCUT2D eigenvalue weighted by Crippen LogP contribution is -2.64. The molecule has 0 heterocycles. The molecule has 0 saturated heterocycles. The average Bonchev–Trinajstić information content (AvgIpc) is 2.91. The Hall–Kier alpha value is -1.32. The van der Waals surface area contributed by atoms with E-state index in [2.05, 4.69) is 13.5 Å². The van der Waals surface area contributed by atoms with Crippen LogP contribution in [0.15, 0.2) is 12.2 Å². The minimum atomic E-state index is -0.734. The molecule has 2 bridgehead atoms. The summed E-state index contributed by atoms with van der Waals surface area (Å²) in [5, 5.41) is 10.2. The molecular formula is C25H38O4. The van der Waals surface area contributed by atoms with Crippen LogP contribution in [0.3, 0.4) is 0 Å². The third-order valence-electron chi connectivity index (χ3n) is 9.94. The highest BCUT2D eigenvalue weighted by molar-refractivity contribution is 5.75. The molecule has 0 radical (unpaired) electrons. The monoisotopic (exact) mass is 402 g/mol. The van der Waals surface area contributed by atoms with Crippen LogP contribution in [0.1, 0.15) is 85.5 Å². The molecular weight excluding hydrogens is 364 g/mol. The minimum Gasteiger partial charge on any atom is -0.481 e. The van der Waals surface area contributed by atoms with Crippen LogP contribution in [0.5, 0.6) is 0 Å². The molecule has 8 unspecified atom stereocenters. The first-order valence-electron chi connectivity index (χ1n) is 11.7. The Morgan fingerprint density at radius 3 is 2.55 bits per heavy atom. The Morgan fingerprint density at radius 1 is 1.17 bits per heavy atom. The van der Waals surface area contributed by atoms with Gasteiger partial charge in [-0.05, 0) is 87.9 Å². The molecule has 1 spiro atoms. The molecule has 4 nitrogen and oxygen atoms in total. The number of esters is 1. The summed E-state index contributed by atoms with van der Waals surface area (Å²) in [5.74, 6) is 0.211. The van der Waals surface area contributed by atoms with E-state index in [-0.39, 0.29) is 34.7 Å². The van der Waals surface area contributed by atoms with Gasteiger partial charge in [0.1, 0.15) is 6.10 Å². The lowest BCUT2D eigenvalue weighted by Gasteiger charge is -2.65. The molecule has 4 saturated carbocycles. The Kier molecular flexibility index (Phi) is 4.94. The Labute approximate surface area is 175 Å². The van der Waals surface area contributed by atoms with Gasteiger partial charge in [-0.1, -0.05) is 32.9 Å². The normalized spacial score (nSPS) is 47.1. The van der Waals surface area contributed by atoms with Gasteiger partial charge in [0.05, 0.1) is 11.3 Å². The summed E-state index contributed by atoms with van der Waals surface area (Å²) in [6.07, 6.45) is 8.44. The van der Waals surface area contributed by atoms with Crippen molar-refractivity contribution in [2.75, 3.05) is 0 Å². The fraction of sp³-hybridized carbons (Fsp3) is 0.840. The second-order valence-corrected chi connectivity index (χ2v) is 11.2. The van der Waals surface area contributed by atoms with Crippen molar-refractivity contribution in [1.29, 1.82) is 0 Å². The molecule has 4 aliphatic carbocycles. The first-order valence-corrected chi connectivity index (χ1v) is 11.7. The van der Waals surface area contributed by atoms with E-state index in [0.717, 1.165) is 38.5 Å². The predicted molar refractivity (Wildman–Crippen MR) is 112 cm³/mol. The molecule has 0 amide bonds. The van der Waals surface area contributed by atoms with Crippen LogP contribution in [0, 0.1) is 39.9 Å². The fourth-order valence-corrected chi connectivity index (χ4v) is 8.11. The van der Waals surface area contributed by atoms with Gasteiger partial charge in [-0.3, -0.25) is 9.59 Å². The molecule has 162 valence electrons. The standard InChI is InChI=1S/C25H38O4/c1-6-15(2)21(26)29-20-10-11-23(4,22(27)28)18-9-12-25-13-16(3)17(14-25)7-8-19(25)24(18,20)5/h15,17-20H,3,6-14H2,1-2,4-5H3,(H,27,28). The first-order chi connectivity index (χ1) is 13.6. The van der Waals surface area contributed by atoms with Gasteiger partial charge < -0.3 is 9.84 Å². The van der Waals surface area contributed by atoms with Crippen LogP contribution in [0.2, 0.25) is 0 Å². The van der Waals surface area contributed by atoms with Gasteiger partial charge in [0.15, 0.2) is 0 Å². The lowest BCUT2D eigenvalue weighted by molar-refractivity contribution is -0.223. The van der Waals surface area contributed by atoms with Crippen molar-refractivity contribution < 1.29 is 19.4 Å². The third kappa shape index (κ3) is 2.84. The highest BCUT2D eigenvalue weighted by atomic mass is 16.5. The molecule has 4 fully saturated rings. The largest absolute Gasteiger partial charge is 0.481 e. The minimum absolute atomic E-state index is 0.0528. The van der Waals surface area contributed by atoms with Gasteiger partial charge in [-0.2, -0.15) is 0 Å². The molecule has 4 rings (SSSR count). The Bertz CT molecular complexity index is 728. The van der Waals surface area contributed by atoms with Gasteiger partial charge in [-0.15, -0.1) is 0 Å². The summed E-state index contributed by atoms with van der Waals surface area (Å²) in [6, 6.07) is 0. The number of hydrogen-bond donors (Lipinski definition) is 1. The molecule has 29 heavy (non-hydrogen) atoms. The van der Waals surface area contributed by atoms with Crippen molar-refractivity contribution in [3.63, 3.8) is 0 Å². The smallest absolute Gasteiger partial charge is 0.309 e. The number of fused-ring (bicyclic) bond motifs is 3. The molecule has 0 aliphatic heterocycles. The van der Waals surface area contributed by atoms with Crippen LogP contribution in [-0.4, -0.2) is 23.1 Å². The molecule has 0 aromatic rings. The zero-order valence-electron chi connectivity index (χ0n) is 18.6. The van der Waals surface area contributed by atoms with E-state index in [1.165, 1.54) is 12.0 Å². The van der Waals surface area contributed by atoms with Crippen LogP contribution < -0.4 is 0 Å². The van der Waals surface area contributed by atoms with Gasteiger partial charge in [-0.25, -0.2) is 0 Å². The number of carboxylic acids is 1. The first kappa shape index (κ1) is 20.9. The molecule has 0 aromatic heterocycles. The number of rotatable bonds is 4. The highest BCUT2D eigenvalue weighted by Crippen LogP contribution is 2.72. The SMILES string of the molecule is C=C1CC23CCC4C(C)(C(=O)O)CCC(OC(=O)C(C)CC)C4(C)C2CCC1C3. The van der Waals surface area contributed by atoms with Crippen molar-refractivity contribution in [1.82, 2.24) is 0 Å². The van der Waals surface area contributed by atoms with E-state index in [1.807, 2.05) is 20.8 Å². The molecule has 4 aliphatic rings. The lowest BCUT2D eigenvalue weighted by atomic mass is 9.40. The number of ether oxygens (including phenoxy) is 1. The zero-order chi connectivity index (χ0) is 21.2. The van der Waals surface area contributed by atoms with Crippen LogP contribution in [0.4, 0.5) is 0 Å². The maximum Gasteiger partial charge on any atom is 0.309 e. The molecule has 4 heteroatoms. The zero-order valence-corrected chi connectivity index (χ0v) is 18.6. The van der Waals surface area contributed by atoms with E-state index in [0.29, 0.717) is 24.7 Å². The number of aliphatic carboxylic acids is 1. The maximum atomic E-state index is 12.8. The summed E-state index contributed by atoms with van der Waals surface area (Å²) in [4.78, 5) is 25.2. The maximum absolute atomic E-state index is 12.8. The summed E-state index contributed by atoms with van der Waals surface area (Å²) in [7, 11) is 0. The van der Waals surface area contributed by atoms with E-state index in [1.54, 1.807) is 0 Å². The topological polar surface area (TPSA) is 63.6 Å². The summed E-state index contributed by atoms with van der Waals surface area (Å²) in [6.45, 7) is 12.6. The summed E-state index contributed by atoms with van der Waals surface area (Å²) in [5.41, 5.74) is 0.632. The van der Waals surface area contributed by atoms with Gasteiger partial charge in [0, 0.05) is 5.41 Å². The van der Waals surface area contributed by atoms with Crippen molar-refractivity contribution in [3.8, 4) is 0 Å². The Morgan fingerprint density at radius 2 is 1.90 bits per heavy atom. The van der Waals surface area contributed by atoms with E-state index in [4.69, 9.17) is 4.74 Å². The molecule has 0 aromatic carbocycles. The van der Waals surface area contributed by atoms with Gasteiger partial charge in [0.25, 0.3) is 0 Å². The highest BCUT2D eigenvalue weighted by Gasteiger charge is 2.68. The number of hydrogen-bond acceptors (Lipinski definition) is 3. The van der Waals surface area contributed by atoms with Gasteiger partial charge in [0.2, 0.25) is 0 Å². The van der Waals surface area contributed by atoms with Crippen molar-refractivity contribution in [2.24, 2.45) is 39.9 Å². The fourth-order valence-electron chi connectivity index (χ4n) is 8.11. The van der Waals surface area contributed by atoms with Crippen molar-refractivity contribution >= 4 is 11.9 Å². The van der Waals surface area contributed by atoms with E-state index < -0.39 is 11.4 Å². The van der Waals surface area contributed by atoms with Crippen LogP contribution in [0.25, 0.3) is 0 Å². The number of carboxylic acid groups (broad SMARTS) is 1. The average molecular weight is 403 g/mol. The molecule has 1 N–H and O–H groups in total. The number of carbonyl (C=O) groups excluding carboxylic acids is 1. The second kappa shape index (κ2) is 6.85. The number of allylic oxidation sites excluding steroid dienone is 1. The van der Waals surface area contributed by atoms with Gasteiger partial charge >= 0.3 is 11.9 Å². The summed E-state index contributed by atoms with van der Waals surface area (Å²) >= 11 is 0. The predicted octanol–water partition coefficient (Wildman–Crippen LogP) is 5.61. The molecule has 8 atom stereocenters. The summed E-state index contributed by atoms with van der Waals surface area (Å²) < 4.78 is 6.21. The van der Waals surface area contributed by atoms with E-state index in [9.17, 15) is 14.7 Å². The van der Waals surface area contributed by atoms with Crippen LogP contribution in [-0.2, 0) is 14.3 Å². The van der Waals surface area contributed by atoms with Crippen molar-refractivity contribution in [3.05, 3.63) is 12.2 Å². The Balaban J connectivity index is 1.75. The van der Waals surface area contributed by atoms with Crippen LogP contribution >= 0.6 is 0 Å². The quantitative estimate of drug-likeness (QED) is 0.490. The van der Waals surface area contributed by atoms with Crippen molar-refractivity contribution in [2.45, 2.75) is 91.6 Å². The second-order valence-electron chi connectivity index (χ2n) is 11.2. The van der Waals surface area contributed by atoms with E-state index >= 15 is 0 Å².